The molecule has 1 fully saturated rings. The van der Waals surface area contributed by atoms with Crippen LogP contribution in [0.2, 0.25) is 0 Å². The fraction of sp³-hybridized carbons (Fsp3) is 0.538. The van der Waals surface area contributed by atoms with E-state index in [1.807, 2.05) is 19.9 Å². The fourth-order valence-electron chi connectivity index (χ4n) is 2.07. The van der Waals surface area contributed by atoms with Crippen LogP contribution in [0.25, 0.3) is 0 Å². The van der Waals surface area contributed by atoms with Gasteiger partial charge in [0.1, 0.15) is 0 Å². The Bertz CT molecular complexity index is 405. The highest BCUT2D eigenvalue weighted by molar-refractivity contribution is 5.32. The third kappa shape index (κ3) is 1.95. The number of hydrogen-bond donors (Lipinski definition) is 0. The molecule has 0 radical (unpaired) electrons. The Hall–Kier alpha value is -1.03. The fourth-order valence-corrected chi connectivity index (χ4v) is 2.07. The molecule has 0 aromatic heterocycles. The van der Waals surface area contributed by atoms with Crippen LogP contribution in [-0.4, -0.2) is 12.8 Å². The Kier molecular flexibility index (Phi) is 2.94. The minimum absolute atomic E-state index is 0.0120. The molecular weight excluding hydrogens is 229 g/mol. The molecule has 1 nitrogen and oxygen atoms in total. The first-order valence-corrected chi connectivity index (χ1v) is 5.68. The van der Waals surface area contributed by atoms with Crippen molar-refractivity contribution in [3.63, 3.8) is 0 Å². The highest BCUT2D eigenvalue weighted by Crippen LogP contribution is 2.50. The van der Waals surface area contributed by atoms with Gasteiger partial charge in [-0.05, 0) is 17.0 Å². The molecule has 1 saturated heterocycles. The summed E-state index contributed by atoms with van der Waals surface area (Å²) >= 11 is 0. The molecule has 1 atom stereocenters. The summed E-state index contributed by atoms with van der Waals surface area (Å²) in [6, 6.07) is 6.62. The maximum Gasteiger partial charge on any atom is 0.421 e. The molecule has 2 rings (SSSR count). The molecule has 0 N–H and O–H groups in total. The van der Waals surface area contributed by atoms with Gasteiger partial charge in [0.15, 0.2) is 5.60 Å². The van der Waals surface area contributed by atoms with Crippen LogP contribution in [0.5, 0.6) is 0 Å². The average molecular weight is 244 g/mol. The normalized spacial score (nSPS) is 24.8. The van der Waals surface area contributed by atoms with Crippen molar-refractivity contribution in [3.8, 4) is 0 Å². The second kappa shape index (κ2) is 4.02. The summed E-state index contributed by atoms with van der Waals surface area (Å²) in [5.74, 6) is 0.209. The van der Waals surface area contributed by atoms with E-state index in [0.29, 0.717) is 0 Å². The molecule has 0 bridgehead atoms. The van der Waals surface area contributed by atoms with Crippen LogP contribution >= 0.6 is 0 Å². The molecule has 0 amide bonds. The molecule has 4 heteroatoms. The van der Waals surface area contributed by atoms with Gasteiger partial charge >= 0.3 is 6.18 Å². The van der Waals surface area contributed by atoms with Crippen molar-refractivity contribution in [2.45, 2.75) is 38.0 Å². The van der Waals surface area contributed by atoms with E-state index in [1.54, 1.807) is 12.1 Å². The zero-order chi connectivity index (χ0) is 12.7. The summed E-state index contributed by atoms with van der Waals surface area (Å²) in [5.41, 5.74) is -0.943. The summed E-state index contributed by atoms with van der Waals surface area (Å²) in [6.07, 6.45) is -4.33. The number of ether oxygens (including phenoxy) is 1. The Morgan fingerprint density at radius 1 is 1.29 bits per heavy atom. The Balaban J connectivity index is 2.42. The van der Waals surface area contributed by atoms with E-state index >= 15 is 0 Å². The Morgan fingerprint density at radius 3 is 2.35 bits per heavy atom. The molecule has 0 aliphatic carbocycles. The van der Waals surface area contributed by atoms with Gasteiger partial charge in [-0.3, -0.25) is 0 Å². The number of benzene rings is 1. The maximum absolute atomic E-state index is 13.0. The van der Waals surface area contributed by atoms with Crippen LogP contribution in [-0.2, 0) is 10.3 Å². The minimum atomic E-state index is -4.35. The first kappa shape index (κ1) is 12.4. The Morgan fingerprint density at radius 2 is 1.94 bits per heavy atom. The number of hydrogen-bond acceptors (Lipinski definition) is 1. The first-order chi connectivity index (χ1) is 7.87. The molecule has 1 heterocycles. The van der Waals surface area contributed by atoms with E-state index in [0.717, 1.165) is 5.56 Å². The largest absolute Gasteiger partial charge is 0.421 e. The average Bonchev–Trinajstić information content (AvgIpc) is 2.13. The lowest BCUT2D eigenvalue weighted by molar-refractivity contribution is -0.333. The summed E-state index contributed by atoms with van der Waals surface area (Å²) < 4.78 is 44.0. The van der Waals surface area contributed by atoms with Crippen LogP contribution in [0.3, 0.4) is 0 Å². The van der Waals surface area contributed by atoms with Gasteiger partial charge < -0.3 is 4.74 Å². The molecule has 17 heavy (non-hydrogen) atoms. The van der Waals surface area contributed by atoms with Crippen molar-refractivity contribution >= 4 is 0 Å². The molecule has 1 aromatic carbocycles. The number of rotatable bonds is 2. The summed E-state index contributed by atoms with van der Waals surface area (Å²) in [5, 5.41) is 0. The minimum Gasteiger partial charge on any atom is -0.361 e. The second-order valence-electron chi connectivity index (χ2n) is 4.70. The van der Waals surface area contributed by atoms with Crippen LogP contribution in [0, 0.1) is 0 Å². The molecule has 94 valence electrons. The predicted octanol–water partition coefficient (Wildman–Crippen LogP) is 3.99. The van der Waals surface area contributed by atoms with Gasteiger partial charge in [-0.2, -0.15) is 13.2 Å². The quantitative estimate of drug-likeness (QED) is 0.764. The van der Waals surface area contributed by atoms with Crippen LogP contribution in [0.15, 0.2) is 24.3 Å². The van der Waals surface area contributed by atoms with Crippen LogP contribution in [0.1, 0.15) is 37.3 Å². The SMILES string of the molecule is CC(C)c1cccc(C2(C(F)(F)F)CCO2)c1. The summed E-state index contributed by atoms with van der Waals surface area (Å²) in [7, 11) is 0. The third-order valence-electron chi connectivity index (χ3n) is 3.28. The topological polar surface area (TPSA) is 9.23 Å². The molecule has 1 unspecified atom stereocenters. The van der Waals surface area contributed by atoms with E-state index in [-0.39, 0.29) is 24.5 Å². The predicted molar refractivity (Wildman–Crippen MR) is 58.8 cm³/mol. The van der Waals surface area contributed by atoms with Crippen molar-refractivity contribution in [3.05, 3.63) is 35.4 Å². The van der Waals surface area contributed by atoms with Gasteiger partial charge in [0.25, 0.3) is 0 Å². The van der Waals surface area contributed by atoms with E-state index < -0.39 is 11.8 Å². The van der Waals surface area contributed by atoms with Gasteiger partial charge in [0, 0.05) is 6.42 Å². The van der Waals surface area contributed by atoms with Crippen LogP contribution < -0.4 is 0 Å². The van der Waals surface area contributed by atoms with Gasteiger partial charge in [0.2, 0.25) is 0 Å². The van der Waals surface area contributed by atoms with Crippen molar-refractivity contribution < 1.29 is 17.9 Å². The first-order valence-electron chi connectivity index (χ1n) is 5.68. The lowest BCUT2D eigenvalue weighted by Crippen LogP contribution is -2.52. The molecular formula is C13H15F3O. The molecule has 0 saturated carbocycles. The van der Waals surface area contributed by atoms with Gasteiger partial charge in [-0.25, -0.2) is 0 Å². The smallest absolute Gasteiger partial charge is 0.361 e. The number of alkyl halides is 3. The van der Waals surface area contributed by atoms with E-state index in [1.165, 1.54) is 6.07 Å². The highest BCUT2D eigenvalue weighted by atomic mass is 19.4. The van der Waals surface area contributed by atoms with E-state index in [4.69, 9.17) is 4.74 Å². The zero-order valence-electron chi connectivity index (χ0n) is 9.84. The van der Waals surface area contributed by atoms with Crippen molar-refractivity contribution in [1.82, 2.24) is 0 Å². The van der Waals surface area contributed by atoms with Crippen molar-refractivity contribution in [2.24, 2.45) is 0 Å². The standard InChI is InChI=1S/C13H15F3O/c1-9(2)10-4-3-5-11(8-10)12(6-7-17-12)13(14,15)16/h3-5,8-9H,6-7H2,1-2H3. The van der Waals surface area contributed by atoms with Crippen LogP contribution in [0.4, 0.5) is 13.2 Å². The molecule has 1 aromatic rings. The van der Waals surface area contributed by atoms with E-state index in [2.05, 4.69) is 0 Å². The van der Waals surface area contributed by atoms with E-state index in [9.17, 15) is 13.2 Å². The number of halogens is 3. The highest BCUT2D eigenvalue weighted by Gasteiger charge is 2.61. The van der Waals surface area contributed by atoms with Gasteiger partial charge in [-0.15, -0.1) is 0 Å². The van der Waals surface area contributed by atoms with Crippen molar-refractivity contribution in [2.75, 3.05) is 6.61 Å². The Labute approximate surface area is 98.6 Å². The summed E-state index contributed by atoms with van der Waals surface area (Å²) in [4.78, 5) is 0. The second-order valence-corrected chi connectivity index (χ2v) is 4.70. The summed E-state index contributed by atoms with van der Waals surface area (Å²) in [6.45, 7) is 4.09. The monoisotopic (exact) mass is 244 g/mol. The molecule has 1 aliphatic rings. The van der Waals surface area contributed by atoms with Gasteiger partial charge in [0.05, 0.1) is 6.61 Å². The molecule has 0 spiro atoms. The molecule has 1 aliphatic heterocycles. The maximum atomic E-state index is 13.0. The van der Waals surface area contributed by atoms with Gasteiger partial charge in [-0.1, -0.05) is 38.1 Å². The van der Waals surface area contributed by atoms with Crippen molar-refractivity contribution in [1.29, 1.82) is 0 Å². The zero-order valence-corrected chi connectivity index (χ0v) is 9.84. The lowest BCUT2D eigenvalue weighted by Gasteiger charge is -2.43. The third-order valence-corrected chi connectivity index (χ3v) is 3.28. The lowest BCUT2D eigenvalue weighted by atomic mass is 9.84.